The maximum Gasteiger partial charge on any atom is 0.262 e. The number of nitrogens with zero attached hydrogens (tertiary/aromatic N) is 6. The molecule has 0 amide bonds. The van der Waals surface area contributed by atoms with Crippen LogP contribution in [0, 0.1) is 6.92 Å². The highest BCUT2D eigenvalue weighted by molar-refractivity contribution is 5.50. The molecule has 0 fully saturated rings. The summed E-state index contributed by atoms with van der Waals surface area (Å²) in [6.07, 6.45) is 3.38. The molecule has 0 saturated carbocycles. The number of para-hydroxylation sites is 1. The Morgan fingerprint density at radius 1 is 1.20 bits per heavy atom. The molecule has 9 heteroatoms. The van der Waals surface area contributed by atoms with Gasteiger partial charge >= 0.3 is 0 Å². The van der Waals surface area contributed by atoms with Crippen molar-refractivity contribution in [2.24, 2.45) is 0 Å². The van der Waals surface area contributed by atoms with Gasteiger partial charge in [-0.25, -0.2) is 4.98 Å². The van der Waals surface area contributed by atoms with Gasteiger partial charge in [-0.3, -0.25) is 4.79 Å². The van der Waals surface area contributed by atoms with Crippen molar-refractivity contribution in [2.45, 2.75) is 13.3 Å². The van der Waals surface area contributed by atoms with E-state index in [2.05, 4.69) is 30.3 Å². The second-order valence-electron chi connectivity index (χ2n) is 5.36. The molecule has 0 aliphatic carbocycles. The van der Waals surface area contributed by atoms with Gasteiger partial charge in [-0.15, -0.1) is 0 Å². The molecule has 4 rings (SSSR count). The third-order valence-corrected chi connectivity index (χ3v) is 3.49. The molecule has 4 aromatic rings. The number of H-pyrrole nitrogens is 1. The van der Waals surface area contributed by atoms with Gasteiger partial charge in [-0.2, -0.15) is 20.0 Å². The number of hydrogen-bond acceptors (Lipinski definition) is 7. The molecule has 0 saturated heterocycles. The standard InChI is InChI=1S/C16H13N7O2/c1-10-17-9-13(16(24)19-10)15-20-14(25-22-15)7-11-8-18-23(21-11)12-5-3-2-4-6-12/h2-6,8-9H,7H2,1H3,(H,17,19,24). The Morgan fingerprint density at radius 3 is 2.84 bits per heavy atom. The van der Waals surface area contributed by atoms with Gasteiger partial charge in [-0.1, -0.05) is 23.4 Å². The SMILES string of the molecule is Cc1ncc(-c2noc(Cc3cnn(-c4ccccc4)n3)n2)c(=O)[nH]1. The Kier molecular flexibility index (Phi) is 3.65. The highest BCUT2D eigenvalue weighted by Crippen LogP contribution is 2.12. The molecular formula is C16H13N7O2. The highest BCUT2D eigenvalue weighted by atomic mass is 16.5. The number of rotatable bonds is 4. The first-order valence-corrected chi connectivity index (χ1v) is 7.54. The predicted molar refractivity (Wildman–Crippen MR) is 87.1 cm³/mol. The van der Waals surface area contributed by atoms with Gasteiger partial charge in [0.2, 0.25) is 11.7 Å². The van der Waals surface area contributed by atoms with Crippen LogP contribution < -0.4 is 5.56 Å². The molecular weight excluding hydrogens is 322 g/mol. The molecule has 0 spiro atoms. The van der Waals surface area contributed by atoms with Crippen LogP contribution in [-0.2, 0) is 6.42 Å². The number of hydrogen-bond donors (Lipinski definition) is 1. The van der Waals surface area contributed by atoms with Gasteiger partial charge in [-0.05, 0) is 19.1 Å². The molecule has 1 N–H and O–H groups in total. The van der Waals surface area contributed by atoms with Crippen LogP contribution in [0.2, 0.25) is 0 Å². The third kappa shape index (κ3) is 3.07. The summed E-state index contributed by atoms with van der Waals surface area (Å²) in [4.78, 5) is 24.3. The molecule has 0 aliphatic heterocycles. The summed E-state index contributed by atoms with van der Waals surface area (Å²) >= 11 is 0. The lowest BCUT2D eigenvalue weighted by Crippen LogP contribution is -2.12. The fraction of sp³-hybridized carbons (Fsp3) is 0.125. The normalized spacial score (nSPS) is 10.9. The van der Waals surface area contributed by atoms with Gasteiger partial charge in [0.05, 0.1) is 24.0 Å². The van der Waals surface area contributed by atoms with E-state index in [-0.39, 0.29) is 16.9 Å². The quantitative estimate of drug-likeness (QED) is 0.597. The number of aryl methyl sites for hydroxylation is 1. The summed E-state index contributed by atoms with van der Waals surface area (Å²) < 4.78 is 5.20. The zero-order chi connectivity index (χ0) is 17.2. The minimum absolute atomic E-state index is 0.194. The summed E-state index contributed by atoms with van der Waals surface area (Å²) in [6.45, 7) is 1.70. The molecule has 0 unspecified atom stereocenters. The molecule has 0 bridgehead atoms. The van der Waals surface area contributed by atoms with Gasteiger partial charge in [0.15, 0.2) is 0 Å². The van der Waals surface area contributed by atoms with E-state index < -0.39 is 0 Å². The Bertz CT molecular complexity index is 1070. The number of aromatic nitrogens is 7. The minimum atomic E-state index is -0.310. The van der Waals surface area contributed by atoms with Crippen molar-refractivity contribution in [3.05, 3.63) is 70.5 Å². The van der Waals surface area contributed by atoms with Crippen LogP contribution in [0.4, 0.5) is 0 Å². The highest BCUT2D eigenvalue weighted by Gasteiger charge is 2.14. The second-order valence-corrected chi connectivity index (χ2v) is 5.36. The molecule has 25 heavy (non-hydrogen) atoms. The van der Waals surface area contributed by atoms with E-state index in [4.69, 9.17) is 4.52 Å². The molecule has 3 aromatic heterocycles. The van der Waals surface area contributed by atoms with Gasteiger partial charge < -0.3 is 9.51 Å². The first-order valence-electron chi connectivity index (χ1n) is 7.54. The van der Waals surface area contributed by atoms with E-state index in [0.717, 1.165) is 5.69 Å². The summed E-state index contributed by atoms with van der Waals surface area (Å²) in [5.41, 5.74) is 1.48. The Balaban J connectivity index is 1.56. The van der Waals surface area contributed by atoms with Crippen LogP contribution in [0.5, 0.6) is 0 Å². The van der Waals surface area contributed by atoms with E-state index >= 15 is 0 Å². The molecule has 124 valence electrons. The van der Waals surface area contributed by atoms with Crippen LogP contribution in [0.1, 0.15) is 17.4 Å². The van der Waals surface area contributed by atoms with E-state index in [1.807, 2.05) is 30.3 Å². The molecule has 1 aromatic carbocycles. The van der Waals surface area contributed by atoms with E-state index in [0.29, 0.717) is 23.8 Å². The average Bonchev–Trinajstić information content (AvgIpc) is 3.26. The molecule has 3 heterocycles. The maximum atomic E-state index is 11.9. The fourth-order valence-electron chi connectivity index (χ4n) is 2.30. The van der Waals surface area contributed by atoms with Gasteiger partial charge in [0.25, 0.3) is 5.56 Å². The van der Waals surface area contributed by atoms with Crippen LogP contribution in [-0.4, -0.2) is 35.1 Å². The van der Waals surface area contributed by atoms with E-state index in [1.54, 1.807) is 13.1 Å². The largest absolute Gasteiger partial charge is 0.339 e. The predicted octanol–water partition coefficient (Wildman–Crippen LogP) is 1.30. The zero-order valence-corrected chi connectivity index (χ0v) is 13.2. The van der Waals surface area contributed by atoms with Gasteiger partial charge in [0.1, 0.15) is 11.4 Å². The summed E-state index contributed by atoms with van der Waals surface area (Å²) in [7, 11) is 0. The van der Waals surface area contributed by atoms with Crippen LogP contribution >= 0.6 is 0 Å². The van der Waals surface area contributed by atoms with Crippen LogP contribution in [0.15, 0.2) is 52.0 Å². The van der Waals surface area contributed by atoms with Gasteiger partial charge in [0, 0.05) is 6.20 Å². The first-order chi connectivity index (χ1) is 12.2. The lowest BCUT2D eigenvalue weighted by Gasteiger charge is -1.96. The smallest absolute Gasteiger partial charge is 0.262 e. The average molecular weight is 335 g/mol. The van der Waals surface area contributed by atoms with Crippen molar-refractivity contribution in [3.63, 3.8) is 0 Å². The molecule has 0 radical (unpaired) electrons. The lowest BCUT2D eigenvalue weighted by molar-refractivity contribution is 0.384. The third-order valence-electron chi connectivity index (χ3n) is 3.49. The van der Waals surface area contributed by atoms with Crippen molar-refractivity contribution >= 4 is 0 Å². The van der Waals surface area contributed by atoms with Crippen LogP contribution in [0.3, 0.4) is 0 Å². The summed E-state index contributed by atoms with van der Waals surface area (Å²) in [6, 6.07) is 9.57. The number of nitrogens with one attached hydrogen (secondary N) is 1. The summed E-state index contributed by atoms with van der Waals surface area (Å²) in [5, 5.41) is 12.4. The Labute approximate surface area is 141 Å². The lowest BCUT2D eigenvalue weighted by atomic mass is 10.3. The monoisotopic (exact) mass is 335 g/mol. The second kappa shape index (κ2) is 6.11. The molecule has 0 atom stereocenters. The van der Waals surface area contributed by atoms with E-state index in [1.165, 1.54) is 11.0 Å². The minimum Gasteiger partial charge on any atom is -0.339 e. The van der Waals surface area contributed by atoms with Crippen molar-refractivity contribution in [1.29, 1.82) is 0 Å². The topological polar surface area (TPSA) is 115 Å². The van der Waals surface area contributed by atoms with Crippen molar-refractivity contribution < 1.29 is 4.52 Å². The van der Waals surface area contributed by atoms with Crippen molar-refractivity contribution in [3.8, 4) is 17.1 Å². The Morgan fingerprint density at radius 2 is 2.04 bits per heavy atom. The van der Waals surface area contributed by atoms with E-state index in [9.17, 15) is 4.79 Å². The zero-order valence-electron chi connectivity index (χ0n) is 13.2. The van der Waals surface area contributed by atoms with Crippen molar-refractivity contribution in [2.75, 3.05) is 0 Å². The van der Waals surface area contributed by atoms with Crippen LogP contribution in [0.25, 0.3) is 17.1 Å². The van der Waals surface area contributed by atoms with Crippen molar-refractivity contribution in [1.82, 2.24) is 35.1 Å². The maximum absolute atomic E-state index is 11.9. The molecule has 9 nitrogen and oxygen atoms in total. The number of benzene rings is 1. The Hall–Kier alpha value is -3.62. The first kappa shape index (κ1) is 14.9. The fourth-order valence-corrected chi connectivity index (χ4v) is 2.30. The summed E-state index contributed by atoms with van der Waals surface area (Å²) in [5.74, 6) is 1.06. The molecule has 0 aliphatic rings. The number of aromatic amines is 1.